The van der Waals surface area contributed by atoms with E-state index in [0.717, 1.165) is 29.6 Å². The molecule has 170 valence electrons. The van der Waals surface area contributed by atoms with E-state index >= 15 is 0 Å². The van der Waals surface area contributed by atoms with Crippen LogP contribution >= 0.6 is 0 Å². The van der Waals surface area contributed by atoms with Crippen molar-refractivity contribution in [1.82, 2.24) is 29.3 Å². The Hall–Kier alpha value is -3.75. The van der Waals surface area contributed by atoms with E-state index in [1.54, 1.807) is 12.3 Å². The Labute approximate surface area is 189 Å². The molecule has 1 saturated heterocycles. The number of carbonyl (C=O) groups is 1. The second kappa shape index (κ2) is 8.31. The van der Waals surface area contributed by atoms with Gasteiger partial charge in [0.25, 0.3) is 11.1 Å². The number of H-pyrrole nitrogens is 1. The summed E-state index contributed by atoms with van der Waals surface area (Å²) in [6.07, 6.45) is 4.13. The minimum atomic E-state index is -0.193. The summed E-state index contributed by atoms with van der Waals surface area (Å²) >= 11 is 0. The lowest BCUT2D eigenvalue weighted by atomic mass is 10.1. The fourth-order valence-corrected chi connectivity index (χ4v) is 4.79. The van der Waals surface area contributed by atoms with Crippen LogP contribution in [0.5, 0.6) is 0 Å². The van der Waals surface area contributed by atoms with Gasteiger partial charge in [0.1, 0.15) is 0 Å². The maximum Gasteiger partial charge on any atom is 0.276 e. The van der Waals surface area contributed by atoms with Crippen LogP contribution in [0.1, 0.15) is 49.2 Å². The van der Waals surface area contributed by atoms with Gasteiger partial charge >= 0.3 is 0 Å². The normalized spacial score (nSPS) is 16.2. The number of rotatable bonds is 5. The molecule has 1 atom stereocenters. The fraction of sp³-hybridized carbons (Fsp3) is 0.375. The molecule has 33 heavy (non-hydrogen) atoms. The van der Waals surface area contributed by atoms with Gasteiger partial charge < -0.3 is 4.90 Å². The first-order valence-electron chi connectivity index (χ1n) is 11.3. The van der Waals surface area contributed by atoms with Gasteiger partial charge in [0, 0.05) is 35.7 Å². The lowest BCUT2D eigenvalue weighted by Gasteiger charge is -2.24. The van der Waals surface area contributed by atoms with Crippen LogP contribution in [0.2, 0.25) is 0 Å². The average molecular weight is 447 g/mol. The predicted molar refractivity (Wildman–Crippen MR) is 124 cm³/mol. The monoisotopic (exact) mass is 446 g/mol. The van der Waals surface area contributed by atoms with Gasteiger partial charge in [-0.1, -0.05) is 25.1 Å². The molecule has 1 aliphatic rings. The molecule has 0 spiro atoms. The van der Waals surface area contributed by atoms with E-state index < -0.39 is 0 Å². The molecule has 1 aliphatic heterocycles. The van der Waals surface area contributed by atoms with Crippen LogP contribution in [0.4, 0.5) is 0 Å². The third kappa shape index (κ3) is 3.63. The molecule has 1 aromatic carbocycles. The highest BCUT2D eigenvalue weighted by Crippen LogP contribution is 2.32. The molecule has 1 amide bonds. The van der Waals surface area contributed by atoms with Gasteiger partial charge in [0.2, 0.25) is 5.91 Å². The summed E-state index contributed by atoms with van der Waals surface area (Å²) in [5, 5.41) is 8.78. The first kappa shape index (κ1) is 21.1. The quantitative estimate of drug-likeness (QED) is 0.507. The summed E-state index contributed by atoms with van der Waals surface area (Å²) in [5.41, 5.74) is 2.51. The zero-order valence-corrected chi connectivity index (χ0v) is 18.7. The molecule has 5 rings (SSSR count). The van der Waals surface area contributed by atoms with E-state index in [-0.39, 0.29) is 36.0 Å². The molecule has 1 N–H and O–H groups in total. The molecular weight excluding hydrogens is 420 g/mol. The summed E-state index contributed by atoms with van der Waals surface area (Å²) in [5.74, 6) is -0.0382. The number of hydrogen-bond acceptors (Lipinski definition) is 5. The predicted octanol–water partition coefficient (Wildman–Crippen LogP) is 2.36. The highest BCUT2D eigenvalue weighted by molar-refractivity contribution is 5.80. The number of amides is 1. The topological polar surface area (TPSA) is 105 Å². The van der Waals surface area contributed by atoms with Crippen molar-refractivity contribution in [3.63, 3.8) is 0 Å². The van der Waals surface area contributed by atoms with Crippen LogP contribution in [-0.4, -0.2) is 41.7 Å². The van der Waals surface area contributed by atoms with E-state index in [1.165, 1.54) is 9.20 Å². The Morgan fingerprint density at radius 2 is 2.03 bits per heavy atom. The van der Waals surface area contributed by atoms with Crippen molar-refractivity contribution in [2.24, 2.45) is 0 Å². The molecule has 1 fully saturated rings. The number of fused-ring (bicyclic) bond motifs is 2. The number of aromatic nitrogens is 5. The number of nitrogens with one attached hydrogen (secondary N) is 1. The van der Waals surface area contributed by atoms with Crippen molar-refractivity contribution in [3.05, 3.63) is 74.2 Å². The lowest BCUT2D eigenvalue weighted by molar-refractivity contribution is -0.132. The number of aromatic amines is 1. The summed E-state index contributed by atoms with van der Waals surface area (Å²) < 4.78 is 2.83. The van der Waals surface area contributed by atoms with Crippen LogP contribution in [0.15, 0.2) is 46.1 Å². The zero-order chi connectivity index (χ0) is 23.1. The Balaban J connectivity index is 1.37. The Morgan fingerprint density at radius 3 is 2.85 bits per heavy atom. The Bertz CT molecular complexity index is 1480. The van der Waals surface area contributed by atoms with Gasteiger partial charge in [-0.05, 0) is 32.3 Å². The van der Waals surface area contributed by atoms with Gasteiger partial charge in [-0.15, -0.1) is 0 Å². The fourth-order valence-electron chi connectivity index (χ4n) is 4.79. The minimum absolute atomic E-state index is 0.0382. The third-order valence-electron chi connectivity index (χ3n) is 6.52. The summed E-state index contributed by atoms with van der Waals surface area (Å²) in [6, 6.07) is 9.01. The standard InChI is InChI=1S/C24H26N6O3/c1-3-17-15(2)26-21-13-19(27-30(21)24(17)33)20-9-6-11-28(20)22(31)10-12-29-23(32)18-8-5-4-7-16(18)14-25-29/h4-5,7-8,13-14,20,27H,3,6,9-12H2,1-2H3. The number of benzene rings is 1. The van der Waals surface area contributed by atoms with Crippen LogP contribution < -0.4 is 11.1 Å². The SMILES string of the molecule is CCc1c(C)nc2cc(C3CCCN3C(=O)CCn3ncc4ccccc4c3=O)[nH]n2c1=O. The van der Waals surface area contributed by atoms with Gasteiger partial charge in [-0.2, -0.15) is 5.10 Å². The Morgan fingerprint density at radius 1 is 1.21 bits per heavy atom. The van der Waals surface area contributed by atoms with E-state index in [9.17, 15) is 14.4 Å². The van der Waals surface area contributed by atoms with Crippen LogP contribution in [0.25, 0.3) is 16.4 Å². The second-order valence-electron chi connectivity index (χ2n) is 8.49. The highest BCUT2D eigenvalue weighted by atomic mass is 16.2. The summed E-state index contributed by atoms with van der Waals surface area (Å²) in [4.78, 5) is 45.0. The molecule has 4 heterocycles. The van der Waals surface area contributed by atoms with Crippen molar-refractivity contribution >= 4 is 22.3 Å². The zero-order valence-electron chi connectivity index (χ0n) is 18.7. The van der Waals surface area contributed by atoms with E-state index in [0.29, 0.717) is 29.6 Å². The second-order valence-corrected chi connectivity index (χ2v) is 8.49. The average Bonchev–Trinajstić information content (AvgIpc) is 3.46. The first-order valence-corrected chi connectivity index (χ1v) is 11.3. The van der Waals surface area contributed by atoms with Gasteiger partial charge in [-0.3, -0.25) is 19.5 Å². The summed E-state index contributed by atoms with van der Waals surface area (Å²) in [7, 11) is 0. The highest BCUT2D eigenvalue weighted by Gasteiger charge is 2.31. The maximum atomic E-state index is 13.1. The lowest BCUT2D eigenvalue weighted by Crippen LogP contribution is -2.33. The number of aryl methyl sites for hydroxylation is 2. The number of likely N-dealkylation sites (tertiary alicyclic amines) is 1. The molecule has 3 aromatic heterocycles. The van der Waals surface area contributed by atoms with Crippen molar-refractivity contribution in [2.45, 2.75) is 52.1 Å². The molecule has 9 heteroatoms. The van der Waals surface area contributed by atoms with Crippen LogP contribution in [0, 0.1) is 6.92 Å². The smallest absolute Gasteiger partial charge is 0.276 e. The summed E-state index contributed by atoms with van der Waals surface area (Å²) in [6.45, 7) is 4.65. The van der Waals surface area contributed by atoms with Gasteiger partial charge in [0.15, 0.2) is 5.65 Å². The van der Waals surface area contributed by atoms with Gasteiger partial charge in [-0.25, -0.2) is 14.2 Å². The van der Waals surface area contributed by atoms with Crippen molar-refractivity contribution in [2.75, 3.05) is 6.54 Å². The van der Waals surface area contributed by atoms with Crippen molar-refractivity contribution < 1.29 is 4.79 Å². The molecule has 9 nitrogen and oxygen atoms in total. The van der Waals surface area contributed by atoms with Gasteiger partial charge in [0.05, 0.1) is 29.9 Å². The first-order chi connectivity index (χ1) is 16.0. The molecule has 0 saturated carbocycles. The molecule has 0 bridgehead atoms. The van der Waals surface area contributed by atoms with Crippen molar-refractivity contribution in [1.29, 1.82) is 0 Å². The maximum absolute atomic E-state index is 13.1. The van der Waals surface area contributed by atoms with E-state index in [4.69, 9.17) is 0 Å². The number of nitrogens with zero attached hydrogens (tertiary/aromatic N) is 5. The van der Waals surface area contributed by atoms with Crippen LogP contribution in [0.3, 0.4) is 0 Å². The van der Waals surface area contributed by atoms with E-state index in [2.05, 4.69) is 15.2 Å². The van der Waals surface area contributed by atoms with Crippen molar-refractivity contribution in [3.8, 4) is 0 Å². The molecule has 1 unspecified atom stereocenters. The largest absolute Gasteiger partial charge is 0.334 e. The third-order valence-corrected chi connectivity index (χ3v) is 6.52. The number of hydrogen-bond donors (Lipinski definition) is 1. The van der Waals surface area contributed by atoms with E-state index in [1.807, 2.05) is 43.0 Å². The molecule has 0 radical (unpaired) electrons. The molecule has 4 aromatic rings. The molecular formula is C24H26N6O3. The van der Waals surface area contributed by atoms with Crippen LogP contribution in [-0.2, 0) is 17.8 Å². The minimum Gasteiger partial charge on any atom is -0.334 e. The molecule has 0 aliphatic carbocycles. The number of carbonyl (C=O) groups excluding carboxylic acids is 1. The Kier molecular flexibility index (Phi) is 5.32.